The highest BCUT2D eigenvalue weighted by atomic mass is 19.1. The Hall–Kier alpha value is -2.57. The molecule has 0 saturated carbocycles. The molecule has 106 valence electrons. The number of nitrogens with two attached hydrogens (primary N) is 1. The monoisotopic (exact) mass is 279 g/mol. The van der Waals surface area contributed by atoms with E-state index in [-0.39, 0.29) is 17.0 Å². The maximum Gasteiger partial charge on any atom is 0.337 e. The summed E-state index contributed by atoms with van der Waals surface area (Å²) in [6.45, 7) is 3.48. The van der Waals surface area contributed by atoms with Gasteiger partial charge in [-0.15, -0.1) is 0 Å². The number of hydrogen-bond donors (Lipinski definition) is 2. The summed E-state index contributed by atoms with van der Waals surface area (Å²) >= 11 is 0. The first-order chi connectivity index (χ1) is 9.31. The summed E-state index contributed by atoms with van der Waals surface area (Å²) in [5.74, 6) is -1.77. The summed E-state index contributed by atoms with van der Waals surface area (Å²) in [7, 11) is 1.73. The van der Waals surface area contributed by atoms with Crippen LogP contribution < -0.4 is 10.5 Å². The summed E-state index contributed by atoms with van der Waals surface area (Å²) in [6, 6.07) is 2.00. The van der Waals surface area contributed by atoms with Crippen LogP contribution in [0.2, 0.25) is 0 Å². The smallest absolute Gasteiger partial charge is 0.337 e. The van der Waals surface area contributed by atoms with Crippen molar-refractivity contribution in [1.82, 2.24) is 9.78 Å². The minimum atomic E-state index is -1.24. The van der Waals surface area contributed by atoms with Gasteiger partial charge in [-0.1, -0.05) is 0 Å². The van der Waals surface area contributed by atoms with Crippen molar-refractivity contribution in [3.8, 4) is 11.5 Å². The summed E-state index contributed by atoms with van der Waals surface area (Å²) in [5.41, 5.74) is 6.38. The fourth-order valence-corrected chi connectivity index (χ4v) is 1.84. The van der Waals surface area contributed by atoms with Gasteiger partial charge >= 0.3 is 5.97 Å². The van der Waals surface area contributed by atoms with Gasteiger partial charge in [0.15, 0.2) is 17.3 Å². The van der Waals surface area contributed by atoms with Gasteiger partial charge in [-0.2, -0.15) is 5.10 Å². The highest BCUT2D eigenvalue weighted by molar-refractivity contribution is 5.94. The van der Waals surface area contributed by atoms with Crippen LogP contribution in [0.15, 0.2) is 12.1 Å². The average molecular weight is 279 g/mol. The number of hydrogen-bond acceptors (Lipinski definition) is 4. The molecule has 1 heterocycles. The second-order valence-electron chi connectivity index (χ2n) is 4.40. The number of carboxylic acid groups (broad SMARTS) is 1. The summed E-state index contributed by atoms with van der Waals surface area (Å²) in [5, 5.41) is 13.1. The van der Waals surface area contributed by atoms with Gasteiger partial charge in [0.1, 0.15) is 5.69 Å². The highest BCUT2D eigenvalue weighted by Gasteiger charge is 2.18. The molecule has 0 bridgehead atoms. The molecule has 0 amide bonds. The lowest BCUT2D eigenvalue weighted by Gasteiger charge is -2.09. The summed E-state index contributed by atoms with van der Waals surface area (Å²) < 4.78 is 20.9. The lowest BCUT2D eigenvalue weighted by atomic mass is 10.1. The van der Waals surface area contributed by atoms with Crippen LogP contribution in [0.3, 0.4) is 0 Å². The Morgan fingerprint density at radius 2 is 2.10 bits per heavy atom. The van der Waals surface area contributed by atoms with Crippen LogP contribution in [-0.4, -0.2) is 20.9 Å². The van der Waals surface area contributed by atoms with E-state index in [0.717, 1.165) is 12.1 Å². The number of ether oxygens (including phenoxy) is 1. The van der Waals surface area contributed by atoms with Gasteiger partial charge < -0.3 is 15.6 Å². The van der Waals surface area contributed by atoms with Crippen LogP contribution in [-0.2, 0) is 7.05 Å². The number of carboxylic acids is 1. The molecule has 3 N–H and O–H groups in total. The molecule has 1 aromatic carbocycles. The number of halogens is 1. The Morgan fingerprint density at radius 3 is 2.60 bits per heavy atom. The van der Waals surface area contributed by atoms with Gasteiger partial charge in [0, 0.05) is 24.9 Å². The van der Waals surface area contributed by atoms with Gasteiger partial charge in [-0.25, -0.2) is 9.18 Å². The van der Waals surface area contributed by atoms with E-state index in [2.05, 4.69) is 5.10 Å². The van der Waals surface area contributed by atoms with Crippen LogP contribution >= 0.6 is 0 Å². The van der Waals surface area contributed by atoms with E-state index in [9.17, 15) is 9.18 Å². The first kappa shape index (κ1) is 13.9. The minimum absolute atomic E-state index is 0.151. The van der Waals surface area contributed by atoms with Gasteiger partial charge in [0.25, 0.3) is 0 Å². The van der Waals surface area contributed by atoms with E-state index in [1.165, 1.54) is 0 Å². The Bertz CT molecular complexity index is 695. The second-order valence-corrected chi connectivity index (χ2v) is 4.40. The molecule has 7 heteroatoms. The van der Waals surface area contributed by atoms with Crippen molar-refractivity contribution < 1.29 is 19.0 Å². The Morgan fingerprint density at radius 1 is 1.45 bits per heavy atom. The maximum absolute atomic E-state index is 13.8. The zero-order chi connectivity index (χ0) is 15.0. The van der Waals surface area contributed by atoms with Gasteiger partial charge in [-0.3, -0.25) is 4.68 Å². The number of anilines is 1. The molecular weight excluding hydrogens is 265 g/mol. The third-order valence-corrected chi connectivity index (χ3v) is 2.99. The van der Waals surface area contributed by atoms with Gasteiger partial charge in [0.05, 0.1) is 11.3 Å². The predicted molar refractivity (Wildman–Crippen MR) is 70.5 cm³/mol. The molecule has 0 unspecified atom stereocenters. The lowest BCUT2D eigenvalue weighted by molar-refractivity contribution is 0.0697. The molecule has 0 aliphatic heterocycles. The van der Waals surface area contributed by atoms with E-state index in [4.69, 9.17) is 15.6 Å². The van der Waals surface area contributed by atoms with E-state index in [1.807, 2.05) is 0 Å². The largest absolute Gasteiger partial charge is 0.478 e. The molecule has 0 atom stereocenters. The van der Waals surface area contributed by atoms with Crippen molar-refractivity contribution in [2.24, 2.45) is 7.05 Å². The minimum Gasteiger partial charge on any atom is -0.478 e. The van der Waals surface area contributed by atoms with E-state index >= 15 is 0 Å². The van der Waals surface area contributed by atoms with Crippen molar-refractivity contribution >= 4 is 11.7 Å². The predicted octanol–water partition coefficient (Wildman–Crippen LogP) is 2.25. The highest BCUT2D eigenvalue weighted by Crippen LogP contribution is 2.32. The second kappa shape index (κ2) is 4.84. The zero-order valence-corrected chi connectivity index (χ0v) is 11.3. The van der Waals surface area contributed by atoms with Crippen molar-refractivity contribution in [3.05, 3.63) is 34.9 Å². The third-order valence-electron chi connectivity index (χ3n) is 2.99. The molecule has 20 heavy (non-hydrogen) atoms. The van der Waals surface area contributed by atoms with E-state index in [1.54, 1.807) is 25.6 Å². The number of rotatable bonds is 3. The van der Waals surface area contributed by atoms with Crippen molar-refractivity contribution in [2.75, 3.05) is 5.73 Å². The third kappa shape index (κ3) is 2.29. The molecule has 0 saturated heterocycles. The SMILES string of the molecule is Cc1nn(C)c(C)c1Oc1cc(C(=O)O)c(N)cc1F. The number of nitrogens with zero attached hydrogens (tertiary/aromatic N) is 2. The molecule has 0 radical (unpaired) electrons. The Balaban J connectivity index is 2.48. The zero-order valence-electron chi connectivity index (χ0n) is 11.3. The molecule has 0 fully saturated rings. The standard InChI is InChI=1S/C13H14FN3O3/c1-6-12(7(2)17(3)16-6)20-11-4-8(13(18)19)10(15)5-9(11)14/h4-5H,15H2,1-3H3,(H,18,19). The summed E-state index contributed by atoms with van der Waals surface area (Å²) in [6.07, 6.45) is 0. The molecule has 0 aliphatic rings. The summed E-state index contributed by atoms with van der Waals surface area (Å²) in [4.78, 5) is 11.0. The molecule has 6 nitrogen and oxygen atoms in total. The average Bonchev–Trinajstić information content (AvgIpc) is 2.58. The van der Waals surface area contributed by atoms with Crippen LogP contribution in [0.5, 0.6) is 11.5 Å². The molecule has 0 aliphatic carbocycles. The van der Waals surface area contributed by atoms with Gasteiger partial charge in [0.2, 0.25) is 0 Å². The Kier molecular flexibility index (Phi) is 3.35. The van der Waals surface area contributed by atoms with Crippen LogP contribution in [0.4, 0.5) is 10.1 Å². The maximum atomic E-state index is 13.8. The van der Waals surface area contributed by atoms with Crippen molar-refractivity contribution in [3.63, 3.8) is 0 Å². The Labute approximate surface area is 114 Å². The van der Waals surface area contributed by atoms with Crippen molar-refractivity contribution in [2.45, 2.75) is 13.8 Å². The number of carbonyl (C=O) groups is 1. The molecule has 2 aromatic rings. The van der Waals surface area contributed by atoms with Crippen LogP contribution in [0.25, 0.3) is 0 Å². The number of aryl methyl sites for hydroxylation is 2. The molecular formula is C13H14FN3O3. The number of aromatic nitrogens is 2. The number of aromatic carboxylic acids is 1. The molecule has 0 spiro atoms. The van der Waals surface area contributed by atoms with Crippen molar-refractivity contribution in [1.29, 1.82) is 0 Å². The van der Waals surface area contributed by atoms with Gasteiger partial charge in [-0.05, 0) is 13.8 Å². The molecule has 2 rings (SSSR count). The van der Waals surface area contributed by atoms with E-state index in [0.29, 0.717) is 17.1 Å². The topological polar surface area (TPSA) is 90.4 Å². The normalized spacial score (nSPS) is 10.6. The lowest BCUT2D eigenvalue weighted by Crippen LogP contribution is -2.04. The number of nitrogen functional groups attached to an aromatic ring is 1. The quantitative estimate of drug-likeness (QED) is 0.841. The van der Waals surface area contributed by atoms with Crippen LogP contribution in [0, 0.1) is 19.7 Å². The molecule has 1 aromatic heterocycles. The van der Waals surface area contributed by atoms with E-state index < -0.39 is 11.8 Å². The fourth-order valence-electron chi connectivity index (χ4n) is 1.84. The van der Waals surface area contributed by atoms with Crippen LogP contribution in [0.1, 0.15) is 21.7 Å². The first-order valence-corrected chi connectivity index (χ1v) is 5.81. The number of benzene rings is 1. The first-order valence-electron chi connectivity index (χ1n) is 5.81. The fraction of sp³-hybridized carbons (Fsp3) is 0.231.